The van der Waals surface area contributed by atoms with E-state index in [2.05, 4.69) is 31.3 Å². The van der Waals surface area contributed by atoms with Crippen molar-refractivity contribution in [3.8, 4) is 5.75 Å². The zero-order chi connectivity index (χ0) is 20.6. The highest BCUT2D eigenvalue weighted by molar-refractivity contribution is 5.76. The van der Waals surface area contributed by atoms with Crippen molar-refractivity contribution < 1.29 is 19.0 Å². The minimum atomic E-state index is 0.0962. The minimum Gasteiger partial charge on any atom is -0.494 e. The van der Waals surface area contributed by atoms with Gasteiger partial charge < -0.3 is 19.5 Å². The second-order valence-corrected chi connectivity index (χ2v) is 9.58. The third-order valence-electron chi connectivity index (χ3n) is 7.86. The summed E-state index contributed by atoms with van der Waals surface area (Å²) in [6.45, 7) is 8.57. The molecule has 2 aliphatic carbocycles. The third kappa shape index (κ3) is 3.46. The molecule has 1 aromatic carbocycles. The molecule has 2 bridgehead atoms. The van der Waals surface area contributed by atoms with E-state index < -0.39 is 0 Å². The SMILES string of the molecule is CCOc1ccc([C@H]2OCCC34C[C@@H](C[C@H]23)C(C)(C)[C@H]4NC(=O)CCOC)cc1. The zero-order valence-electron chi connectivity index (χ0n) is 18.2. The average Bonchev–Trinajstić information content (AvgIpc) is 3.20. The van der Waals surface area contributed by atoms with Gasteiger partial charge in [0.2, 0.25) is 5.91 Å². The highest BCUT2D eigenvalue weighted by Crippen LogP contribution is 2.70. The van der Waals surface area contributed by atoms with Crippen LogP contribution in [0, 0.1) is 22.7 Å². The summed E-state index contributed by atoms with van der Waals surface area (Å²) in [5.41, 5.74) is 1.46. The first-order valence-corrected chi connectivity index (χ1v) is 11.0. The van der Waals surface area contributed by atoms with Gasteiger partial charge in [0.25, 0.3) is 0 Å². The number of carbonyl (C=O) groups excluding carboxylic acids is 1. The molecule has 5 heteroatoms. The Bertz CT molecular complexity index is 731. The Balaban J connectivity index is 1.58. The van der Waals surface area contributed by atoms with Crippen LogP contribution in [-0.4, -0.2) is 38.9 Å². The molecule has 1 heterocycles. The van der Waals surface area contributed by atoms with E-state index in [0.29, 0.717) is 31.5 Å². The number of hydrogen-bond acceptors (Lipinski definition) is 4. The second-order valence-electron chi connectivity index (χ2n) is 9.58. The van der Waals surface area contributed by atoms with Crippen LogP contribution < -0.4 is 10.1 Å². The van der Waals surface area contributed by atoms with Gasteiger partial charge in [0.05, 0.1) is 19.3 Å². The number of hydrogen-bond donors (Lipinski definition) is 1. The Kier molecular flexibility index (Phi) is 5.64. The van der Waals surface area contributed by atoms with Crippen LogP contribution in [0.3, 0.4) is 0 Å². The summed E-state index contributed by atoms with van der Waals surface area (Å²) in [4.78, 5) is 12.6. The monoisotopic (exact) mass is 401 g/mol. The standard InChI is InChI=1S/C24H35NO4/c1-5-28-18-8-6-16(7-9-18)21-19-14-17-15-24(19,11-13-29-21)22(23(17,2)3)25-20(26)10-12-27-4/h6-9,17,19,21-22H,5,10-15H2,1-4H3,(H,25,26)/t17-,19-,21-,22-,24?/m1/s1. The van der Waals surface area contributed by atoms with Crippen molar-refractivity contribution in [1.29, 1.82) is 0 Å². The van der Waals surface area contributed by atoms with Gasteiger partial charge >= 0.3 is 0 Å². The third-order valence-corrected chi connectivity index (χ3v) is 7.86. The van der Waals surface area contributed by atoms with Crippen molar-refractivity contribution >= 4 is 5.91 Å². The van der Waals surface area contributed by atoms with Crippen molar-refractivity contribution in [2.75, 3.05) is 26.9 Å². The Labute approximate surface area is 174 Å². The number of nitrogens with one attached hydrogen (secondary N) is 1. The van der Waals surface area contributed by atoms with Crippen LogP contribution in [0.5, 0.6) is 5.75 Å². The van der Waals surface area contributed by atoms with E-state index >= 15 is 0 Å². The highest BCUT2D eigenvalue weighted by Gasteiger charge is 2.68. The molecule has 2 saturated carbocycles. The van der Waals surface area contributed by atoms with Gasteiger partial charge in [0, 0.05) is 26.2 Å². The molecule has 0 radical (unpaired) electrons. The van der Waals surface area contributed by atoms with E-state index in [1.807, 2.05) is 19.1 Å². The molecule has 1 aromatic rings. The Morgan fingerprint density at radius 2 is 2.03 bits per heavy atom. The lowest BCUT2D eigenvalue weighted by molar-refractivity contribution is -0.137. The summed E-state index contributed by atoms with van der Waals surface area (Å²) < 4.78 is 17.0. The fourth-order valence-electron chi connectivity index (χ4n) is 6.47. The summed E-state index contributed by atoms with van der Waals surface area (Å²) in [7, 11) is 1.64. The van der Waals surface area contributed by atoms with Gasteiger partial charge in [-0.05, 0) is 66.5 Å². The lowest BCUT2D eigenvalue weighted by Crippen LogP contribution is -2.59. The van der Waals surface area contributed by atoms with Gasteiger partial charge in [-0.25, -0.2) is 0 Å². The fraction of sp³-hybridized carbons (Fsp3) is 0.708. The number of rotatable bonds is 7. The van der Waals surface area contributed by atoms with E-state index in [-0.39, 0.29) is 28.9 Å². The van der Waals surface area contributed by atoms with Crippen molar-refractivity contribution in [2.24, 2.45) is 22.7 Å². The number of methoxy groups -OCH3 is 1. The molecule has 0 aromatic heterocycles. The molecule has 1 amide bonds. The van der Waals surface area contributed by atoms with Crippen molar-refractivity contribution in [1.82, 2.24) is 5.32 Å². The topological polar surface area (TPSA) is 56.8 Å². The second kappa shape index (κ2) is 7.92. The predicted octanol–water partition coefficient (Wildman–Crippen LogP) is 4.12. The van der Waals surface area contributed by atoms with Crippen LogP contribution >= 0.6 is 0 Å². The number of amides is 1. The molecule has 1 aliphatic heterocycles. The summed E-state index contributed by atoms with van der Waals surface area (Å²) in [5.74, 6) is 2.07. The first kappa shape index (κ1) is 20.7. The average molecular weight is 402 g/mol. The maximum absolute atomic E-state index is 12.6. The molecule has 4 rings (SSSR count). The lowest BCUT2D eigenvalue weighted by Gasteiger charge is -2.53. The van der Waals surface area contributed by atoms with Crippen LogP contribution in [0.15, 0.2) is 24.3 Å². The maximum atomic E-state index is 12.6. The number of carbonyl (C=O) groups is 1. The maximum Gasteiger partial charge on any atom is 0.222 e. The van der Waals surface area contributed by atoms with Gasteiger partial charge in [-0.1, -0.05) is 26.0 Å². The van der Waals surface area contributed by atoms with E-state index in [0.717, 1.165) is 18.8 Å². The van der Waals surface area contributed by atoms with Crippen molar-refractivity contribution in [2.45, 2.75) is 58.6 Å². The predicted molar refractivity (Wildman–Crippen MR) is 112 cm³/mol. The van der Waals surface area contributed by atoms with Gasteiger partial charge in [0.1, 0.15) is 5.75 Å². The number of ether oxygens (including phenoxy) is 3. The van der Waals surface area contributed by atoms with Crippen molar-refractivity contribution in [3.63, 3.8) is 0 Å². The van der Waals surface area contributed by atoms with Gasteiger partial charge in [-0.2, -0.15) is 0 Å². The quantitative estimate of drug-likeness (QED) is 0.747. The zero-order valence-corrected chi connectivity index (χ0v) is 18.2. The molecule has 1 spiro atoms. The molecule has 29 heavy (non-hydrogen) atoms. The highest BCUT2D eigenvalue weighted by atomic mass is 16.5. The normalized spacial score (nSPS) is 34.6. The van der Waals surface area contributed by atoms with Crippen LogP contribution in [0.1, 0.15) is 58.1 Å². The first-order valence-electron chi connectivity index (χ1n) is 11.0. The molecule has 5 atom stereocenters. The lowest BCUT2D eigenvalue weighted by atomic mass is 9.59. The largest absolute Gasteiger partial charge is 0.494 e. The molecular formula is C24H35NO4. The van der Waals surface area contributed by atoms with E-state index in [1.54, 1.807) is 7.11 Å². The molecular weight excluding hydrogens is 366 g/mol. The molecule has 160 valence electrons. The smallest absolute Gasteiger partial charge is 0.222 e. The van der Waals surface area contributed by atoms with E-state index in [4.69, 9.17) is 14.2 Å². The molecule has 3 aliphatic rings. The molecule has 1 N–H and O–H groups in total. The Morgan fingerprint density at radius 3 is 2.72 bits per heavy atom. The Morgan fingerprint density at radius 1 is 1.28 bits per heavy atom. The minimum absolute atomic E-state index is 0.0962. The fourth-order valence-corrected chi connectivity index (χ4v) is 6.47. The van der Waals surface area contributed by atoms with Crippen LogP contribution in [0.4, 0.5) is 0 Å². The first-order chi connectivity index (χ1) is 13.9. The molecule has 1 saturated heterocycles. The molecule has 1 unspecified atom stereocenters. The molecule has 5 nitrogen and oxygen atoms in total. The summed E-state index contributed by atoms with van der Waals surface area (Å²) in [6.07, 6.45) is 3.92. The van der Waals surface area contributed by atoms with Gasteiger partial charge in [0.15, 0.2) is 0 Å². The van der Waals surface area contributed by atoms with E-state index in [9.17, 15) is 4.79 Å². The number of fused-ring (bicyclic) bond motifs is 1. The van der Waals surface area contributed by atoms with Crippen molar-refractivity contribution in [3.05, 3.63) is 29.8 Å². The van der Waals surface area contributed by atoms with Gasteiger partial charge in [-0.3, -0.25) is 4.79 Å². The summed E-state index contributed by atoms with van der Waals surface area (Å²) in [6, 6.07) is 8.59. The summed E-state index contributed by atoms with van der Waals surface area (Å²) >= 11 is 0. The van der Waals surface area contributed by atoms with E-state index in [1.165, 1.54) is 18.4 Å². The van der Waals surface area contributed by atoms with Gasteiger partial charge in [-0.15, -0.1) is 0 Å². The van der Waals surface area contributed by atoms with Crippen LogP contribution in [0.25, 0.3) is 0 Å². The van der Waals surface area contributed by atoms with Crippen LogP contribution in [-0.2, 0) is 14.3 Å². The van der Waals surface area contributed by atoms with Crippen LogP contribution in [0.2, 0.25) is 0 Å². The Hall–Kier alpha value is -1.59. The number of benzene rings is 1. The molecule has 3 fully saturated rings. The summed E-state index contributed by atoms with van der Waals surface area (Å²) in [5, 5.41) is 3.43.